The van der Waals surface area contributed by atoms with Crippen molar-refractivity contribution in [1.29, 1.82) is 0 Å². The third-order valence-corrected chi connectivity index (χ3v) is 4.77. The van der Waals surface area contributed by atoms with E-state index in [1.54, 1.807) is 11.3 Å². The first-order chi connectivity index (χ1) is 10.3. The highest BCUT2D eigenvalue weighted by molar-refractivity contribution is 8.00. The number of carbonyl (C=O) groups is 1. The summed E-state index contributed by atoms with van der Waals surface area (Å²) in [6, 6.07) is 11.8. The van der Waals surface area contributed by atoms with Crippen LogP contribution in [0.5, 0.6) is 0 Å². The van der Waals surface area contributed by atoms with Crippen molar-refractivity contribution in [2.45, 2.75) is 11.6 Å². The van der Waals surface area contributed by atoms with E-state index in [2.05, 4.69) is 15.3 Å². The van der Waals surface area contributed by atoms with Crippen molar-refractivity contribution >= 4 is 39.9 Å². The van der Waals surface area contributed by atoms with Crippen molar-refractivity contribution < 1.29 is 4.79 Å². The Kier molecular flexibility index (Phi) is 4.47. The summed E-state index contributed by atoms with van der Waals surface area (Å²) in [4.78, 5) is 21.5. The van der Waals surface area contributed by atoms with Gasteiger partial charge in [-0.3, -0.25) is 4.79 Å². The van der Waals surface area contributed by atoms with E-state index in [4.69, 9.17) is 0 Å². The molecule has 3 aromatic rings. The third-order valence-electron chi connectivity index (χ3n) is 2.89. The number of nitrogens with one attached hydrogen (secondary N) is 1. The fourth-order valence-electron chi connectivity index (χ4n) is 1.88. The van der Waals surface area contributed by atoms with Crippen molar-refractivity contribution in [3.8, 4) is 0 Å². The van der Waals surface area contributed by atoms with E-state index < -0.39 is 0 Å². The van der Waals surface area contributed by atoms with E-state index in [0.29, 0.717) is 12.3 Å². The molecule has 6 heteroatoms. The standard InChI is InChI=1S/C15H13N3OS2/c19-14(16-8-11-4-3-7-20-11)9-21-15-12-5-1-2-6-13(12)17-10-18-15/h1-7,10H,8-9H2,(H,16,19). The molecular formula is C15H13N3OS2. The first kappa shape index (κ1) is 14.0. The minimum Gasteiger partial charge on any atom is -0.350 e. The molecule has 0 aliphatic rings. The molecule has 0 aliphatic heterocycles. The predicted octanol–water partition coefficient (Wildman–Crippen LogP) is 3.10. The Bertz CT molecular complexity index is 738. The van der Waals surface area contributed by atoms with Gasteiger partial charge in [0.05, 0.1) is 17.8 Å². The largest absolute Gasteiger partial charge is 0.350 e. The van der Waals surface area contributed by atoms with Crippen LogP contribution in [0, 0.1) is 0 Å². The van der Waals surface area contributed by atoms with E-state index in [1.807, 2.05) is 41.8 Å². The summed E-state index contributed by atoms with van der Waals surface area (Å²) in [6.45, 7) is 0.585. The van der Waals surface area contributed by atoms with Crippen molar-refractivity contribution in [1.82, 2.24) is 15.3 Å². The smallest absolute Gasteiger partial charge is 0.230 e. The molecule has 0 atom stereocenters. The van der Waals surface area contributed by atoms with Gasteiger partial charge in [-0.2, -0.15) is 0 Å². The van der Waals surface area contributed by atoms with E-state index in [9.17, 15) is 4.79 Å². The average Bonchev–Trinajstić information content (AvgIpc) is 3.04. The van der Waals surface area contributed by atoms with Crippen molar-refractivity contribution in [3.05, 3.63) is 53.0 Å². The zero-order valence-corrected chi connectivity index (χ0v) is 12.8. The normalized spacial score (nSPS) is 10.7. The first-order valence-electron chi connectivity index (χ1n) is 6.44. The lowest BCUT2D eigenvalue weighted by Crippen LogP contribution is -2.24. The van der Waals surface area contributed by atoms with E-state index >= 15 is 0 Å². The minimum absolute atomic E-state index is 0.0103. The fraction of sp³-hybridized carbons (Fsp3) is 0.133. The topological polar surface area (TPSA) is 54.9 Å². The van der Waals surface area contributed by atoms with Gasteiger partial charge in [0, 0.05) is 10.3 Å². The van der Waals surface area contributed by atoms with Gasteiger partial charge in [-0.15, -0.1) is 11.3 Å². The molecule has 106 valence electrons. The number of para-hydroxylation sites is 1. The molecular weight excluding hydrogens is 302 g/mol. The zero-order valence-electron chi connectivity index (χ0n) is 11.2. The molecule has 1 N–H and O–H groups in total. The van der Waals surface area contributed by atoms with Gasteiger partial charge in [0.1, 0.15) is 11.4 Å². The molecule has 0 fully saturated rings. The molecule has 0 saturated carbocycles. The highest BCUT2D eigenvalue weighted by Crippen LogP contribution is 2.23. The van der Waals surface area contributed by atoms with Gasteiger partial charge in [-0.1, -0.05) is 36.0 Å². The Labute approximate surface area is 130 Å². The molecule has 0 aliphatic carbocycles. The molecule has 2 aromatic heterocycles. The van der Waals surface area contributed by atoms with Gasteiger partial charge in [0.25, 0.3) is 0 Å². The van der Waals surface area contributed by atoms with Gasteiger partial charge in [0.2, 0.25) is 5.91 Å². The molecule has 0 unspecified atom stereocenters. The molecule has 4 nitrogen and oxygen atoms in total. The maximum absolute atomic E-state index is 11.9. The highest BCUT2D eigenvalue weighted by Gasteiger charge is 2.07. The average molecular weight is 315 g/mol. The van der Waals surface area contributed by atoms with Gasteiger partial charge < -0.3 is 5.32 Å². The number of hydrogen-bond donors (Lipinski definition) is 1. The summed E-state index contributed by atoms with van der Waals surface area (Å²) in [5.74, 6) is 0.364. The SMILES string of the molecule is O=C(CSc1ncnc2ccccc12)NCc1cccs1. The van der Waals surface area contributed by atoms with Crippen LogP contribution in [0.25, 0.3) is 10.9 Å². The number of thiophene rings is 1. The van der Waals surface area contributed by atoms with Crippen LogP contribution in [-0.2, 0) is 11.3 Å². The summed E-state index contributed by atoms with van der Waals surface area (Å²) < 4.78 is 0. The molecule has 21 heavy (non-hydrogen) atoms. The van der Waals surface area contributed by atoms with Gasteiger partial charge >= 0.3 is 0 Å². The van der Waals surface area contributed by atoms with Gasteiger partial charge in [0.15, 0.2) is 0 Å². The second kappa shape index (κ2) is 6.69. The first-order valence-corrected chi connectivity index (χ1v) is 8.31. The Hall–Kier alpha value is -1.92. The summed E-state index contributed by atoms with van der Waals surface area (Å²) in [7, 11) is 0. The number of nitrogens with zero attached hydrogens (tertiary/aromatic N) is 2. The number of aromatic nitrogens is 2. The highest BCUT2D eigenvalue weighted by atomic mass is 32.2. The lowest BCUT2D eigenvalue weighted by atomic mass is 10.2. The predicted molar refractivity (Wildman–Crippen MR) is 86.4 cm³/mol. The number of hydrogen-bond acceptors (Lipinski definition) is 5. The van der Waals surface area contributed by atoms with E-state index in [0.717, 1.165) is 20.8 Å². The molecule has 1 aromatic carbocycles. The van der Waals surface area contributed by atoms with Crippen molar-refractivity contribution in [3.63, 3.8) is 0 Å². The Morgan fingerprint density at radius 3 is 2.95 bits per heavy atom. The molecule has 0 saturated heterocycles. The summed E-state index contributed by atoms with van der Waals surface area (Å²) in [6.07, 6.45) is 1.54. The third kappa shape index (κ3) is 3.59. The number of fused-ring (bicyclic) bond motifs is 1. The molecule has 0 bridgehead atoms. The Morgan fingerprint density at radius 1 is 1.19 bits per heavy atom. The van der Waals surface area contributed by atoms with E-state index in [1.165, 1.54) is 18.1 Å². The van der Waals surface area contributed by atoms with Crippen molar-refractivity contribution in [2.24, 2.45) is 0 Å². The van der Waals surface area contributed by atoms with Crippen LogP contribution in [0.4, 0.5) is 0 Å². The number of rotatable bonds is 5. The molecule has 1 amide bonds. The van der Waals surface area contributed by atoms with Gasteiger partial charge in [-0.05, 0) is 17.5 Å². The molecule has 3 rings (SSSR count). The molecule has 0 spiro atoms. The summed E-state index contributed by atoms with van der Waals surface area (Å²) >= 11 is 3.07. The van der Waals surface area contributed by atoms with E-state index in [-0.39, 0.29) is 5.91 Å². The van der Waals surface area contributed by atoms with Crippen LogP contribution in [-0.4, -0.2) is 21.6 Å². The summed E-state index contributed by atoms with van der Waals surface area (Å²) in [5, 5.41) is 6.74. The van der Waals surface area contributed by atoms with Crippen LogP contribution >= 0.6 is 23.1 Å². The number of benzene rings is 1. The van der Waals surface area contributed by atoms with Crippen LogP contribution in [0.15, 0.2) is 53.1 Å². The number of carbonyl (C=O) groups excluding carboxylic acids is 1. The van der Waals surface area contributed by atoms with Gasteiger partial charge in [-0.25, -0.2) is 9.97 Å². The van der Waals surface area contributed by atoms with Crippen molar-refractivity contribution in [2.75, 3.05) is 5.75 Å². The Balaban J connectivity index is 1.60. The van der Waals surface area contributed by atoms with Crippen LogP contribution in [0.1, 0.15) is 4.88 Å². The lowest BCUT2D eigenvalue weighted by molar-refractivity contribution is -0.118. The molecule has 2 heterocycles. The quantitative estimate of drug-likeness (QED) is 0.580. The fourth-order valence-corrected chi connectivity index (χ4v) is 3.34. The second-order valence-electron chi connectivity index (χ2n) is 4.34. The molecule has 0 radical (unpaired) electrons. The van der Waals surface area contributed by atoms with Crippen LogP contribution < -0.4 is 5.32 Å². The number of thioether (sulfide) groups is 1. The zero-order chi connectivity index (χ0) is 14.5. The lowest BCUT2D eigenvalue weighted by Gasteiger charge is -2.05. The minimum atomic E-state index is 0.0103. The second-order valence-corrected chi connectivity index (χ2v) is 6.34. The van der Waals surface area contributed by atoms with Crippen LogP contribution in [0.3, 0.4) is 0 Å². The monoisotopic (exact) mass is 315 g/mol. The Morgan fingerprint density at radius 2 is 2.10 bits per heavy atom. The maximum atomic E-state index is 11.9. The van der Waals surface area contributed by atoms with Crippen LogP contribution in [0.2, 0.25) is 0 Å². The summed E-state index contributed by atoms with van der Waals surface area (Å²) in [5.41, 5.74) is 0.897. The number of amides is 1. The maximum Gasteiger partial charge on any atom is 0.230 e.